The lowest BCUT2D eigenvalue weighted by Gasteiger charge is -2.32. The molecule has 0 spiro atoms. The summed E-state index contributed by atoms with van der Waals surface area (Å²) in [7, 11) is 0. The fraction of sp³-hybridized carbons (Fsp3) is 0.212. The minimum atomic E-state index is -0.385. The van der Waals surface area contributed by atoms with Crippen LogP contribution in [0.1, 0.15) is 24.2 Å². The van der Waals surface area contributed by atoms with Crippen LogP contribution < -0.4 is 15.5 Å². The first-order chi connectivity index (χ1) is 21.1. The van der Waals surface area contributed by atoms with E-state index < -0.39 is 0 Å². The highest BCUT2D eigenvalue weighted by Gasteiger charge is 2.26. The molecule has 2 aliphatic rings. The Morgan fingerprint density at radius 2 is 1.74 bits per heavy atom. The van der Waals surface area contributed by atoms with Crippen LogP contribution in [0.5, 0.6) is 0 Å². The van der Waals surface area contributed by atoms with E-state index in [-0.39, 0.29) is 11.1 Å². The molecule has 3 aromatic heterocycles. The van der Waals surface area contributed by atoms with E-state index in [4.69, 9.17) is 4.98 Å². The number of rotatable bonds is 7. The van der Waals surface area contributed by atoms with Gasteiger partial charge in [0.2, 0.25) is 5.95 Å². The van der Waals surface area contributed by atoms with Gasteiger partial charge in [-0.3, -0.25) is 24.9 Å². The third-order valence-electron chi connectivity index (χ3n) is 7.97. The van der Waals surface area contributed by atoms with Crippen LogP contribution in [-0.4, -0.2) is 50.7 Å². The number of hydrogen-bond acceptors (Lipinski definition) is 9. The second-order valence-corrected chi connectivity index (χ2v) is 11.8. The van der Waals surface area contributed by atoms with E-state index in [0.29, 0.717) is 29.0 Å². The predicted molar refractivity (Wildman–Crippen MR) is 170 cm³/mol. The fourth-order valence-corrected chi connectivity index (χ4v) is 6.41. The maximum atomic E-state index is 11.9. The van der Waals surface area contributed by atoms with E-state index >= 15 is 0 Å². The first-order valence-corrected chi connectivity index (χ1v) is 15.2. The molecule has 2 aliphatic heterocycles. The molecule has 0 bridgehead atoms. The minimum Gasteiger partial charge on any atom is -0.341 e. The van der Waals surface area contributed by atoms with Gasteiger partial charge in [-0.2, -0.15) is 0 Å². The lowest BCUT2D eigenvalue weighted by atomic mass is 9.97. The molecule has 2 fully saturated rings. The van der Waals surface area contributed by atoms with Crippen LogP contribution in [0.2, 0.25) is 0 Å². The molecule has 2 saturated heterocycles. The smallest absolute Gasteiger partial charge is 0.290 e. The molecule has 2 aromatic carbocycles. The Labute approximate surface area is 252 Å². The normalized spacial score (nSPS) is 16.8. The molecule has 2 amide bonds. The SMILES string of the molecule is O=C1NC(=O)C(=Cc2ccnc(N3CCC(CNCc4nc(-c5cncc6ccccc56)cc5ccccc45)CC3)n2)S1. The number of piperidine rings is 1. The molecular weight excluding hydrogens is 558 g/mol. The van der Waals surface area contributed by atoms with Gasteiger partial charge in [-0.15, -0.1) is 0 Å². The van der Waals surface area contributed by atoms with Crippen molar-refractivity contribution in [2.75, 3.05) is 24.5 Å². The van der Waals surface area contributed by atoms with Crippen molar-refractivity contribution in [2.24, 2.45) is 5.92 Å². The number of aromatic nitrogens is 4. The van der Waals surface area contributed by atoms with Crippen molar-refractivity contribution in [3.8, 4) is 11.3 Å². The number of nitrogens with zero attached hydrogens (tertiary/aromatic N) is 5. The van der Waals surface area contributed by atoms with Gasteiger partial charge in [0.15, 0.2) is 0 Å². The topological polar surface area (TPSA) is 113 Å². The number of carbonyl (C=O) groups is 2. The zero-order valence-electron chi connectivity index (χ0n) is 23.4. The first kappa shape index (κ1) is 27.2. The van der Waals surface area contributed by atoms with Gasteiger partial charge >= 0.3 is 0 Å². The standard InChI is InChI=1S/C33H29N7O2S/c41-31-30(43-33(42)39-31)16-24-9-12-36-32(37-24)40-13-10-21(11-14-40)17-34-20-29-26-8-4-1-5-22(26)15-28(38-29)27-19-35-18-23-6-2-3-7-25(23)27/h1-9,12,15-16,18-19,21,34H,10-11,13-14,17,20H2,(H,39,41,42). The monoisotopic (exact) mass is 587 g/mol. The average Bonchev–Trinajstić information content (AvgIpc) is 3.36. The van der Waals surface area contributed by atoms with E-state index in [1.165, 1.54) is 5.39 Å². The van der Waals surface area contributed by atoms with Crippen LogP contribution in [0, 0.1) is 5.92 Å². The van der Waals surface area contributed by atoms with Crippen LogP contribution in [0.3, 0.4) is 0 Å². The van der Waals surface area contributed by atoms with Gasteiger partial charge in [-0.25, -0.2) is 9.97 Å². The van der Waals surface area contributed by atoms with Gasteiger partial charge in [-0.05, 0) is 66.0 Å². The summed E-state index contributed by atoms with van der Waals surface area (Å²) in [6.07, 6.45) is 9.17. The molecule has 0 aliphatic carbocycles. The van der Waals surface area contributed by atoms with Crippen molar-refractivity contribution in [1.82, 2.24) is 30.6 Å². The Hall–Kier alpha value is -4.67. The third kappa shape index (κ3) is 5.84. The summed E-state index contributed by atoms with van der Waals surface area (Å²) < 4.78 is 0. The summed E-state index contributed by atoms with van der Waals surface area (Å²) in [4.78, 5) is 44.6. The zero-order chi connectivity index (χ0) is 29.2. The molecule has 43 heavy (non-hydrogen) atoms. The van der Waals surface area contributed by atoms with Gasteiger partial charge in [0, 0.05) is 54.6 Å². The van der Waals surface area contributed by atoms with E-state index in [2.05, 4.69) is 79.0 Å². The number of fused-ring (bicyclic) bond motifs is 2. The van der Waals surface area contributed by atoms with Crippen LogP contribution in [-0.2, 0) is 11.3 Å². The first-order valence-electron chi connectivity index (χ1n) is 14.4. The number of anilines is 1. The largest absolute Gasteiger partial charge is 0.341 e. The summed E-state index contributed by atoms with van der Waals surface area (Å²) >= 11 is 0.890. The summed E-state index contributed by atoms with van der Waals surface area (Å²) in [5.41, 5.74) is 3.62. The lowest BCUT2D eigenvalue weighted by molar-refractivity contribution is -0.115. The van der Waals surface area contributed by atoms with Crippen LogP contribution in [0.4, 0.5) is 10.7 Å². The second kappa shape index (κ2) is 11.9. The Balaban J connectivity index is 1.01. The number of nitrogens with one attached hydrogen (secondary N) is 2. The summed E-state index contributed by atoms with van der Waals surface area (Å²) in [6, 6.07) is 20.6. The highest BCUT2D eigenvalue weighted by molar-refractivity contribution is 8.18. The highest BCUT2D eigenvalue weighted by atomic mass is 32.2. The number of imide groups is 1. The summed E-state index contributed by atoms with van der Waals surface area (Å²) in [5.74, 6) is 0.790. The number of hydrogen-bond donors (Lipinski definition) is 2. The fourth-order valence-electron chi connectivity index (χ4n) is 5.75. The minimum absolute atomic E-state index is 0.348. The maximum absolute atomic E-state index is 11.9. The molecule has 10 heteroatoms. The number of pyridine rings is 2. The molecule has 7 rings (SSSR count). The van der Waals surface area contributed by atoms with Crippen molar-refractivity contribution in [3.63, 3.8) is 0 Å². The van der Waals surface area contributed by atoms with Gasteiger partial charge in [0.25, 0.3) is 11.1 Å². The molecule has 0 saturated carbocycles. The van der Waals surface area contributed by atoms with Crippen molar-refractivity contribution >= 4 is 56.5 Å². The summed E-state index contributed by atoms with van der Waals surface area (Å²) in [5, 5.41) is 10.2. The molecule has 0 unspecified atom stereocenters. The van der Waals surface area contributed by atoms with Crippen LogP contribution >= 0.6 is 11.8 Å². The van der Waals surface area contributed by atoms with Crippen molar-refractivity contribution in [3.05, 3.63) is 95.5 Å². The predicted octanol–water partition coefficient (Wildman–Crippen LogP) is 5.57. The third-order valence-corrected chi connectivity index (χ3v) is 8.78. The maximum Gasteiger partial charge on any atom is 0.290 e. The molecule has 0 radical (unpaired) electrons. The molecule has 214 valence electrons. The van der Waals surface area contributed by atoms with Gasteiger partial charge < -0.3 is 10.2 Å². The van der Waals surface area contributed by atoms with Crippen LogP contribution in [0.25, 0.3) is 38.9 Å². The van der Waals surface area contributed by atoms with E-state index in [1.54, 1.807) is 18.3 Å². The van der Waals surface area contributed by atoms with Crippen molar-refractivity contribution in [1.29, 1.82) is 0 Å². The van der Waals surface area contributed by atoms with Gasteiger partial charge in [0.05, 0.1) is 22.0 Å². The van der Waals surface area contributed by atoms with Gasteiger partial charge in [0.1, 0.15) is 0 Å². The Bertz CT molecular complexity index is 1880. The molecule has 9 nitrogen and oxygen atoms in total. The average molecular weight is 588 g/mol. The molecule has 2 N–H and O–H groups in total. The number of benzene rings is 2. The molecule has 5 heterocycles. The second-order valence-electron chi connectivity index (χ2n) is 10.8. The van der Waals surface area contributed by atoms with E-state index in [9.17, 15) is 9.59 Å². The summed E-state index contributed by atoms with van der Waals surface area (Å²) in [6.45, 7) is 3.29. The Morgan fingerprint density at radius 1 is 0.953 bits per heavy atom. The molecule has 0 atom stereocenters. The highest BCUT2D eigenvalue weighted by Crippen LogP contribution is 2.30. The molecular formula is C33H29N7O2S. The zero-order valence-corrected chi connectivity index (χ0v) is 24.2. The van der Waals surface area contributed by atoms with Crippen molar-refractivity contribution in [2.45, 2.75) is 19.4 Å². The lowest BCUT2D eigenvalue weighted by Crippen LogP contribution is -2.38. The number of thioether (sulfide) groups is 1. The Morgan fingerprint density at radius 3 is 2.56 bits per heavy atom. The molecule has 5 aromatic rings. The van der Waals surface area contributed by atoms with E-state index in [0.717, 1.165) is 77.3 Å². The van der Waals surface area contributed by atoms with Crippen molar-refractivity contribution < 1.29 is 9.59 Å². The van der Waals surface area contributed by atoms with Crippen LogP contribution in [0.15, 0.2) is 84.2 Å². The quantitative estimate of drug-likeness (QED) is 0.236. The van der Waals surface area contributed by atoms with Gasteiger partial charge in [-0.1, -0.05) is 48.5 Å². The number of carbonyl (C=O) groups excluding carboxylic acids is 2. The number of amides is 2. The van der Waals surface area contributed by atoms with E-state index in [1.807, 2.05) is 18.5 Å². The Kier molecular flexibility index (Phi) is 7.53.